The smallest absolute Gasteiger partial charge is 0.417 e. The summed E-state index contributed by atoms with van der Waals surface area (Å²) in [5.74, 6) is 0.324. The minimum absolute atomic E-state index is 0.0823. The van der Waals surface area contributed by atoms with Gasteiger partial charge in [-0.25, -0.2) is 14.5 Å². The van der Waals surface area contributed by atoms with E-state index in [4.69, 9.17) is 20.0 Å². The zero-order valence-electron chi connectivity index (χ0n) is 26.1. The summed E-state index contributed by atoms with van der Waals surface area (Å²) in [5, 5.41) is 17.6. The van der Waals surface area contributed by atoms with Gasteiger partial charge in [0.25, 0.3) is 0 Å². The van der Waals surface area contributed by atoms with Gasteiger partial charge in [0.2, 0.25) is 5.91 Å². The number of carbonyl (C=O) groups excluding carboxylic acids is 3. The number of piperidine rings is 2. The maximum atomic E-state index is 12.2. The van der Waals surface area contributed by atoms with Crippen molar-refractivity contribution in [1.82, 2.24) is 9.80 Å². The molecule has 3 amide bonds. The number of nitriles is 2. The fourth-order valence-corrected chi connectivity index (χ4v) is 5.01. The van der Waals surface area contributed by atoms with E-state index < -0.39 is 17.3 Å². The van der Waals surface area contributed by atoms with Crippen LogP contribution in [0.15, 0.2) is 48.5 Å². The van der Waals surface area contributed by atoms with Crippen molar-refractivity contribution in [3.8, 4) is 12.1 Å². The molecule has 0 bridgehead atoms. The topological polar surface area (TPSA) is 124 Å². The first-order valence-corrected chi connectivity index (χ1v) is 14.7. The average Bonchev–Trinajstić information content (AvgIpc) is 2.96. The number of rotatable bonds is 2. The number of hydrogen-bond donors (Lipinski definition) is 0. The Morgan fingerprint density at radius 2 is 1.12 bits per heavy atom. The molecule has 2 aliphatic rings. The summed E-state index contributed by atoms with van der Waals surface area (Å²) < 4.78 is 10.6. The fourth-order valence-electron chi connectivity index (χ4n) is 5.01. The number of nitrogens with zero attached hydrogens (tertiary/aromatic N) is 4. The van der Waals surface area contributed by atoms with Crippen molar-refractivity contribution in [2.75, 3.05) is 19.6 Å². The maximum Gasteiger partial charge on any atom is 0.417 e. The van der Waals surface area contributed by atoms with E-state index in [0.717, 1.165) is 31.5 Å². The number of carbonyl (C=O) groups is 3. The summed E-state index contributed by atoms with van der Waals surface area (Å²) in [6, 6.07) is 19.2. The van der Waals surface area contributed by atoms with Crippen molar-refractivity contribution in [2.45, 2.75) is 90.3 Å². The highest BCUT2D eigenvalue weighted by atomic mass is 16.6. The molecule has 2 saturated heterocycles. The molecule has 2 aromatic carbocycles. The van der Waals surface area contributed by atoms with Crippen molar-refractivity contribution >= 4 is 18.1 Å². The Morgan fingerprint density at radius 1 is 0.698 bits per heavy atom. The second-order valence-corrected chi connectivity index (χ2v) is 12.9. The van der Waals surface area contributed by atoms with Gasteiger partial charge >= 0.3 is 12.2 Å². The number of amides is 3. The number of imide groups is 1. The largest absolute Gasteiger partial charge is 0.444 e. The number of ether oxygens (including phenoxy) is 2. The van der Waals surface area contributed by atoms with Crippen LogP contribution in [0.4, 0.5) is 9.59 Å². The zero-order chi connectivity index (χ0) is 31.8. The van der Waals surface area contributed by atoms with Gasteiger partial charge in [-0.05, 0) is 108 Å². The van der Waals surface area contributed by atoms with Crippen LogP contribution in [0.25, 0.3) is 0 Å². The first-order valence-electron chi connectivity index (χ1n) is 14.7. The molecular weight excluding hydrogens is 544 g/mol. The van der Waals surface area contributed by atoms with E-state index in [2.05, 4.69) is 12.1 Å². The second-order valence-electron chi connectivity index (χ2n) is 12.9. The molecule has 0 aliphatic carbocycles. The van der Waals surface area contributed by atoms with Crippen molar-refractivity contribution in [3.63, 3.8) is 0 Å². The van der Waals surface area contributed by atoms with Crippen molar-refractivity contribution in [3.05, 3.63) is 70.8 Å². The van der Waals surface area contributed by atoms with Gasteiger partial charge in [-0.3, -0.25) is 4.79 Å². The molecule has 0 spiro atoms. The molecule has 228 valence electrons. The number of likely N-dealkylation sites (tertiary alicyclic amines) is 2. The van der Waals surface area contributed by atoms with Crippen LogP contribution in [-0.2, 0) is 14.3 Å². The van der Waals surface area contributed by atoms with Gasteiger partial charge in [0, 0.05) is 26.1 Å². The van der Waals surface area contributed by atoms with E-state index in [1.807, 2.05) is 57.2 Å². The molecule has 9 heteroatoms. The Balaban J connectivity index is 0.000000236. The highest BCUT2D eigenvalue weighted by molar-refractivity contribution is 5.93. The highest BCUT2D eigenvalue weighted by Crippen LogP contribution is 2.30. The summed E-state index contributed by atoms with van der Waals surface area (Å²) in [6.07, 6.45) is 2.06. The first kappa shape index (κ1) is 33.1. The van der Waals surface area contributed by atoms with E-state index >= 15 is 0 Å². The molecule has 2 aliphatic heterocycles. The van der Waals surface area contributed by atoms with Gasteiger partial charge in [0.1, 0.15) is 11.2 Å². The molecule has 0 aromatic heterocycles. The molecule has 0 saturated carbocycles. The molecule has 43 heavy (non-hydrogen) atoms. The lowest BCUT2D eigenvalue weighted by molar-refractivity contribution is -0.132. The van der Waals surface area contributed by atoms with E-state index in [1.54, 1.807) is 37.8 Å². The quantitative estimate of drug-likeness (QED) is 0.376. The normalized spacial score (nSPS) is 17.6. The molecule has 4 rings (SSSR count). The van der Waals surface area contributed by atoms with Gasteiger partial charge in [0.15, 0.2) is 0 Å². The molecule has 2 fully saturated rings. The van der Waals surface area contributed by atoms with Crippen LogP contribution in [-0.4, -0.2) is 58.7 Å². The molecule has 2 aromatic rings. The van der Waals surface area contributed by atoms with Crippen LogP contribution in [0, 0.1) is 22.7 Å². The third-order valence-electron chi connectivity index (χ3n) is 7.21. The van der Waals surface area contributed by atoms with E-state index in [9.17, 15) is 14.4 Å². The summed E-state index contributed by atoms with van der Waals surface area (Å²) >= 11 is 0. The van der Waals surface area contributed by atoms with Gasteiger partial charge in [-0.15, -0.1) is 0 Å². The van der Waals surface area contributed by atoms with E-state index in [0.29, 0.717) is 30.0 Å². The zero-order valence-corrected chi connectivity index (χ0v) is 26.1. The molecular formula is C34H42N4O5. The third kappa shape index (κ3) is 10.1. The SMILES string of the molecule is CC(C)(C)OC(=O)N1CCC(c2ccc(C#N)cc2)CC1.CC(C)(C)OC(=O)N1CCC(c2ccc(C#N)cc2)CC1=O. The van der Waals surface area contributed by atoms with Crippen LogP contribution in [0.3, 0.4) is 0 Å². The molecule has 1 atom stereocenters. The molecule has 2 heterocycles. The van der Waals surface area contributed by atoms with E-state index in [-0.39, 0.29) is 24.3 Å². The lowest BCUT2D eigenvalue weighted by atomic mass is 9.89. The van der Waals surface area contributed by atoms with Crippen molar-refractivity contribution in [2.24, 2.45) is 0 Å². The lowest BCUT2D eigenvalue weighted by Gasteiger charge is -2.33. The first-order chi connectivity index (χ1) is 20.2. The van der Waals surface area contributed by atoms with Crippen molar-refractivity contribution in [1.29, 1.82) is 10.5 Å². The van der Waals surface area contributed by atoms with Crippen LogP contribution >= 0.6 is 0 Å². The minimum Gasteiger partial charge on any atom is -0.444 e. The number of benzene rings is 2. The van der Waals surface area contributed by atoms with Crippen LogP contribution in [0.2, 0.25) is 0 Å². The third-order valence-corrected chi connectivity index (χ3v) is 7.21. The average molecular weight is 587 g/mol. The van der Waals surface area contributed by atoms with Gasteiger partial charge in [0.05, 0.1) is 23.3 Å². The molecule has 0 radical (unpaired) electrons. The molecule has 9 nitrogen and oxygen atoms in total. The summed E-state index contributed by atoms with van der Waals surface area (Å²) in [4.78, 5) is 39.2. The minimum atomic E-state index is -0.610. The van der Waals surface area contributed by atoms with Crippen LogP contribution in [0.5, 0.6) is 0 Å². The summed E-state index contributed by atoms with van der Waals surface area (Å²) in [7, 11) is 0. The molecule has 1 unspecified atom stereocenters. The molecule has 0 N–H and O–H groups in total. The summed E-state index contributed by atoms with van der Waals surface area (Å²) in [6.45, 7) is 12.8. The predicted octanol–water partition coefficient (Wildman–Crippen LogP) is 6.87. The monoisotopic (exact) mass is 586 g/mol. The van der Waals surface area contributed by atoms with E-state index in [1.165, 1.54) is 10.5 Å². The fraction of sp³-hybridized carbons (Fsp3) is 0.500. The van der Waals surface area contributed by atoms with Gasteiger partial charge in [-0.2, -0.15) is 10.5 Å². The van der Waals surface area contributed by atoms with Gasteiger partial charge < -0.3 is 14.4 Å². The predicted molar refractivity (Wildman–Crippen MR) is 162 cm³/mol. The maximum absolute atomic E-state index is 12.2. The van der Waals surface area contributed by atoms with Crippen LogP contribution in [0.1, 0.15) is 101 Å². The Kier molecular flexibility index (Phi) is 10.9. The number of hydrogen-bond acceptors (Lipinski definition) is 7. The summed E-state index contributed by atoms with van der Waals surface area (Å²) in [5.41, 5.74) is 2.50. The Hall–Kier alpha value is -4.37. The highest BCUT2D eigenvalue weighted by Gasteiger charge is 2.33. The van der Waals surface area contributed by atoms with Gasteiger partial charge in [-0.1, -0.05) is 24.3 Å². The Labute approximate surface area is 255 Å². The Morgan fingerprint density at radius 3 is 1.53 bits per heavy atom. The second kappa shape index (κ2) is 14.2. The standard InChI is InChI=1S/C17H20N2O3.C17H22N2O2/c1-17(2,3)22-16(21)19-9-8-14(10-15(19)20)13-6-4-12(11-18)5-7-13;1-17(2,3)21-16(20)19-10-8-15(9-11-19)14-6-4-13(12-18)5-7-14/h4-7,14H,8-10H2,1-3H3;4-7,15H,8-11H2,1-3H3. The van der Waals surface area contributed by atoms with Crippen molar-refractivity contribution < 1.29 is 23.9 Å². The lowest BCUT2D eigenvalue weighted by Crippen LogP contribution is -2.44. The Bertz CT molecular complexity index is 1350. The van der Waals surface area contributed by atoms with Crippen LogP contribution < -0.4 is 0 Å².